The summed E-state index contributed by atoms with van der Waals surface area (Å²) in [5.41, 5.74) is 3.78. The molecule has 0 saturated heterocycles. The summed E-state index contributed by atoms with van der Waals surface area (Å²) in [6.45, 7) is 2.14. The molecule has 3 aromatic carbocycles. The number of hydrogen-bond acceptors (Lipinski definition) is 3. The second kappa shape index (κ2) is 5.56. The number of aromatic nitrogens is 3. The van der Waals surface area contributed by atoms with Crippen LogP contribution in [-0.2, 0) is 5.66 Å². The Kier molecular flexibility index (Phi) is 3.19. The first kappa shape index (κ1) is 14.9. The van der Waals surface area contributed by atoms with Crippen molar-refractivity contribution in [1.29, 1.82) is 0 Å². The lowest BCUT2D eigenvalue weighted by Gasteiger charge is -2.37. The van der Waals surface area contributed by atoms with Gasteiger partial charge < -0.3 is 5.32 Å². The lowest BCUT2D eigenvalue weighted by atomic mass is 9.97. The van der Waals surface area contributed by atoms with Crippen LogP contribution in [0.5, 0.6) is 0 Å². The lowest BCUT2D eigenvalue weighted by Crippen LogP contribution is -2.43. The highest BCUT2D eigenvalue weighted by atomic mass is 15.5. The van der Waals surface area contributed by atoms with Crippen LogP contribution in [0.25, 0.3) is 22.8 Å². The maximum absolute atomic E-state index is 4.90. The molecule has 0 aliphatic carbocycles. The van der Waals surface area contributed by atoms with E-state index >= 15 is 0 Å². The topological polar surface area (TPSA) is 42.7 Å². The van der Waals surface area contributed by atoms with Crippen LogP contribution in [0.4, 0.5) is 5.69 Å². The van der Waals surface area contributed by atoms with Crippen LogP contribution in [0.3, 0.4) is 0 Å². The molecule has 1 N–H and O–H groups in total. The quantitative estimate of drug-likeness (QED) is 0.573. The molecule has 1 aliphatic rings. The van der Waals surface area contributed by atoms with E-state index in [9.17, 15) is 0 Å². The summed E-state index contributed by atoms with van der Waals surface area (Å²) in [5.74, 6) is 1.62. The van der Waals surface area contributed by atoms with Crippen molar-refractivity contribution in [2.75, 3.05) is 5.32 Å². The predicted octanol–water partition coefficient (Wildman–Crippen LogP) is 4.76. The van der Waals surface area contributed by atoms with Crippen molar-refractivity contribution >= 4 is 5.69 Å². The molecule has 1 atom stereocenters. The Bertz CT molecular complexity index is 1070. The van der Waals surface area contributed by atoms with Crippen molar-refractivity contribution in [2.24, 2.45) is 0 Å². The highest BCUT2D eigenvalue weighted by Crippen LogP contribution is 2.41. The minimum atomic E-state index is -0.509. The molecule has 1 aliphatic heterocycles. The van der Waals surface area contributed by atoms with Crippen molar-refractivity contribution in [3.05, 3.63) is 90.5 Å². The molecule has 4 nitrogen and oxygen atoms in total. The Morgan fingerprint density at radius 2 is 1.46 bits per heavy atom. The normalized spacial score (nSPS) is 17.9. The number of fused-ring (bicyclic) bond motifs is 3. The number of benzene rings is 3. The van der Waals surface area contributed by atoms with Crippen LogP contribution in [0, 0.1) is 0 Å². The fraction of sp³-hybridized carbons (Fsp3) is 0.0909. The molecule has 0 radical (unpaired) electrons. The zero-order valence-corrected chi connectivity index (χ0v) is 14.4. The third kappa shape index (κ3) is 2.15. The number of rotatable bonds is 2. The van der Waals surface area contributed by atoms with Gasteiger partial charge in [-0.2, -0.15) is 0 Å². The standard InChI is InChI=1S/C22H18N4/c1-22(17-12-6-3-7-13-17)24-19-15-9-8-14-18(19)21-23-20(25-26(21)22)16-10-4-2-5-11-16/h2-15,24H,1H3/t22-/m1/s1. The number of anilines is 1. The number of para-hydroxylation sites is 1. The molecule has 26 heavy (non-hydrogen) atoms. The summed E-state index contributed by atoms with van der Waals surface area (Å²) in [4.78, 5) is 4.90. The summed E-state index contributed by atoms with van der Waals surface area (Å²) in [6, 6.07) is 28.7. The molecular weight excluding hydrogens is 320 g/mol. The largest absolute Gasteiger partial charge is 0.357 e. The van der Waals surface area contributed by atoms with Gasteiger partial charge in [0.2, 0.25) is 0 Å². The molecule has 0 spiro atoms. The zero-order chi connectivity index (χ0) is 17.6. The van der Waals surface area contributed by atoms with E-state index in [0.717, 1.165) is 34.0 Å². The van der Waals surface area contributed by atoms with Gasteiger partial charge in [-0.25, -0.2) is 9.67 Å². The van der Waals surface area contributed by atoms with Crippen LogP contribution in [0.2, 0.25) is 0 Å². The summed E-state index contributed by atoms with van der Waals surface area (Å²) in [7, 11) is 0. The monoisotopic (exact) mass is 338 g/mol. The highest BCUT2D eigenvalue weighted by molar-refractivity contribution is 5.78. The molecule has 0 fully saturated rings. The van der Waals surface area contributed by atoms with E-state index in [1.54, 1.807) is 0 Å². The predicted molar refractivity (Wildman–Crippen MR) is 104 cm³/mol. The molecule has 0 amide bonds. The third-order valence-corrected chi connectivity index (χ3v) is 4.94. The molecular formula is C22H18N4. The molecule has 2 heterocycles. The average Bonchev–Trinajstić information content (AvgIpc) is 3.16. The van der Waals surface area contributed by atoms with Gasteiger partial charge in [0.1, 0.15) is 0 Å². The summed E-state index contributed by atoms with van der Waals surface area (Å²) >= 11 is 0. The molecule has 0 unspecified atom stereocenters. The third-order valence-electron chi connectivity index (χ3n) is 4.94. The molecule has 5 rings (SSSR count). The first-order valence-corrected chi connectivity index (χ1v) is 8.72. The van der Waals surface area contributed by atoms with Crippen molar-refractivity contribution < 1.29 is 0 Å². The van der Waals surface area contributed by atoms with Crippen molar-refractivity contribution in [3.8, 4) is 22.8 Å². The van der Waals surface area contributed by atoms with Crippen molar-refractivity contribution in [1.82, 2.24) is 14.8 Å². The van der Waals surface area contributed by atoms with Gasteiger partial charge in [-0.3, -0.25) is 0 Å². The fourth-order valence-electron chi connectivity index (χ4n) is 3.57. The average molecular weight is 338 g/mol. The van der Waals surface area contributed by atoms with Gasteiger partial charge in [0, 0.05) is 16.8 Å². The lowest BCUT2D eigenvalue weighted by molar-refractivity contribution is 0.404. The molecule has 0 saturated carbocycles. The molecule has 0 bridgehead atoms. The summed E-state index contributed by atoms with van der Waals surface area (Å²) in [5, 5.41) is 8.56. The van der Waals surface area contributed by atoms with E-state index in [2.05, 4.69) is 48.6 Å². The van der Waals surface area contributed by atoms with Gasteiger partial charge in [0.25, 0.3) is 0 Å². The van der Waals surface area contributed by atoms with Gasteiger partial charge in [-0.1, -0.05) is 72.8 Å². The Morgan fingerprint density at radius 3 is 2.23 bits per heavy atom. The van der Waals surface area contributed by atoms with Crippen molar-refractivity contribution in [3.63, 3.8) is 0 Å². The Balaban J connectivity index is 1.77. The molecule has 4 aromatic rings. The number of hydrogen-bond donors (Lipinski definition) is 1. The first-order chi connectivity index (χ1) is 12.8. The molecule has 1 aromatic heterocycles. The van der Waals surface area contributed by atoms with Crippen LogP contribution < -0.4 is 5.32 Å². The zero-order valence-electron chi connectivity index (χ0n) is 14.4. The second-order valence-electron chi connectivity index (χ2n) is 6.65. The van der Waals surface area contributed by atoms with Crippen LogP contribution in [-0.4, -0.2) is 14.8 Å². The van der Waals surface area contributed by atoms with Gasteiger partial charge in [-0.05, 0) is 24.6 Å². The summed E-state index contributed by atoms with van der Waals surface area (Å²) in [6.07, 6.45) is 0. The van der Waals surface area contributed by atoms with E-state index in [0.29, 0.717) is 0 Å². The SMILES string of the molecule is C[C@@]1(c2ccccc2)Nc2ccccc2-c2nc(-c3ccccc3)nn21. The summed E-state index contributed by atoms with van der Waals surface area (Å²) < 4.78 is 2.01. The van der Waals surface area contributed by atoms with E-state index in [1.165, 1.54) is 0 Å². The maximum Gasteiger partial charge on any atom is 0.181 e. The Labute approximate surface area is 152 Å². The molecule has 4 heteroatoms. The Morgan fingerprint density at radius 1 is 0.808 bits per heavy atom. The van der Waals surface area contributed by atoms with Crippen LogP contribution >= 0.6 is 0 Å². The van der Waals surface area contributed by atoms with Gasteiger partial charge in [0.05, 0.1) is 0 Å². The van der Waals surface area contributed by atoms with Gasteiger partial charge in [-0.15, -0.1) is 5.10 Å². The van der Waals surface area contributed by atoms with E-state index in [1.807, 2.05) is 53.2 Å². The van der Waals surface area contributed by atoms with E-state index in [4.69, 9.17) is 10.1 Å². The smallest absolute Gasteiger partial charge is 0.181 e. The number of nitrogens with one attached hydrogen (secondary N) is 1. The minimum Gasteiger partial charge on any atom is -0.357 e. The van der Waals surface area contributed by atoms with Crippen LogP contribution in [0.15, 0.2) is 84.9 Å². The van der Waals surface area contributed by atoms with Gasteiger partial charge >= 0.3 is 0 Å². The second-order valence-corrected chi connectivity index (χ2v) is 6.65. The number of nitrogens with zero attached hydrogens (tertiary/aromatic N) is 3. The van der Waals surface area contributed by atoms with Gasteiger partial charge in [0.15, 0.2) is 17.3 Å². The Hall–Kier alpha value is -3.40. The highest BCUT2D eigenvalue weighted by Gasteiger charge is 2.38. The van der Waals surface area contributed by atoms with Crippen LogP contribution in [0.1, 0.15) is 12.5 Å². The van der Waals surface area contributed by atoms with E-state index < -0.39 is 5.66 Å². The fourth-order valence-corrected chi connectivity index (χ4v) is 3.57. The van der Waals surface area contributed by atoms with E-state index in [-0.39, 0.29) is 0 Å². The van der Waals surface area contributed by atoms with Crippen molar-refractivity contribution in [2.45, 2.75) is 12.6 Å². The first-order valence-electron chi connectivity index (χ1n) is 8.72. The maximum atomic E-state index is 4.90. The molecule has 126 valence electrons. The minimum absolute atomic E-state index is 0.509.